The molecule has 18 heavy (non-hydrogen) atoms. The molecule has 0 atom stereocenters. The van der Waals surface area contributed by atoms with Gasteiger partial charge < -0.3 is 5.32 Å². The van der Waals surface area contributed by atoms with Crippen LogP contribution in [0.4, 0.5) is 9.39 Å². The summed E-state index contributed by atoms with van der Waals surface area (Å²) in [7, 11) is 0. The molecule has 0 fully saturated rings. The zero-order valence-corrected chi connectivity index (χ0v) is 11.3. The highest BCUT2D eigenvalue weighted by Crippen LogP contribution is 2.25. The summed E-state index contributed by atoms with van der Waals surface area (Å²) in [4.78, 5) is 11.9. The number of hydrogen-bond donors (Lipinski definition) is 1. The maximum absolute atomic E-state index is 13.6. The molecule has 1 aromatic carbocycles. The van der Waals surface area contributed by atoms with Crippen molar-refractivity contribution in [2.24, 2.45) is 0 Å². The standard InChI is InChI=1S/C12H6BrFN2OS/c13-8-2-1-3-9(14)10(8)11(17)16-12-7(6-15)4-5-18-12/h1-5H,(H,16,17). The fourth-order valence-corrected chi connectivity index (χ4v) is 2.63. The number of hydrogen-bond acceptors (Lipinski definition) is 3. The predicted octanol–water partition coefficient (Wildman–Crippen LogP) is 3.77. The molecule has 90 valence electrons. The summed E-state index contributed by atoms with van der Waals surface area (Å²) in [5, 5.41) is 13.4. The van der Waals surface area contributed by atoms with Crippen molar-refractivity contribution in [3.8, 4) is 6.07 Å². The lowest BCUT2D eigenvalue weighted by Crippen LogP contribution is -2.14. The molecule has 1 amide bonds. The molecule has 0 radical (unpaired) electrons. The van der Waals surface area contributed by atoms with E-state index in [0.717, 1.165) is 0 Å². The molecule has 0 unspecified atom stereocenters. The maximum atomic E-state index is 13.6. The monoisotopic (exact) mass is 324 g/mol. The number of carbonyl (C=O) groups is 1. The number of halogens is 2. The molecule has 1 aromatic heterocycles. The molecule has 3 nitrogen and oxygen atoms in total. The van der Waals surface area contributed by atoms with Gasteiger partial charge in [0.2, 0.25) is 0 Å². The summed E-state index contributed by atoms with van der Waals surface area (Å²) in [5.74, 6) is -1.20. The van der Waals surface area contributed by atoms with E-state index in [0.29, 0.717) is 15.0 Å². The van der Waals surface area contributed by atoms with Crippen LogP contribution in [0.15, 0.2) is 34.1 Å². The zero-order chi connectivity index (χ0) is 13.1. The van der Waals surface area contributed by atoms with Gasteiger partial charge in [0.25, 0.3) is 5.91 Å². The third-order valence-electron chi connectivity index (χ3n) is 2.20. The lowest BCUT2D eigenvalue weighted by atomic mass is 10.2. The van der Waals surface area contributed by atoms with Crippen molar-refractivity contribution in [3.63, 3.8) is 0 Å². The van der Waals surface area contributed by atoms with Gasteiger partial charge in [0.1, 0.15) is 16.9 Å². The fraction of sp³-hybridized carbons (Fsp3) is 0. The number of amides is 1. The van der Waals surface area contributed by atoms with Gasteiger partial charge in [-0.05, 0) is 39.5 Å². The number of anilines is 1. The molecule has 0 aliphatic heterocycles. The van der Waals surface area contributed by atoms with Gasteiger partial charge in [-0.15, -0.1) is 11.3 Å². The van der Waals surface area contributed by atoms with E-state index in [1.807, 2.05) is 6.07 Å². The molecule has 0 spiro atoms. The van der Waals surface area contributed by atoms with Crippen molar-refractivity contribution < 1.29 is 9.18 Å². The van der Waals surface area contributed by atoms with E-state index in [4.69, 9.17) is 5.26 Å². The van der Waals surface area contributed by atoms with E-state index in [2.05, 4.69) is 21.2 Å². The van der Waals surface area contributed by atoms with Crippen molar-refractivity contribution in [2.45, 2.75) is 0 Å². The van der Waals surface area contributed by atoms with E-state index in [1.165, 1.54) is 23.5 Å². The Morgan fingerprint density at radius 3 is 2.89 bits per heavy atom. The Labute approximate surface area is 115 Å². The first-order chi connectivity index (χ1) is 8.63. The van der Waals surface area contributed by atoms with Crippen LogP contribution in [0.2, 0.25) is 0 Å². The van der Waals surface area contributed by atoms with E-state index in [9.17, 15) is 9.18 Å². The number of carbonyl (C=O) groups excluding carboxylic acids is 1. The first kappa shape index (κ1) is 12.7. The second kappa shape index (κ2) is 5.29. The molecule has 1 N–H and O–H groups in total. The third kappa shape index (κ3) is 2.42. The Balaban J connectivity index is 2.31. The zero-order valence-electron chi connectivity index (χ0n) is 8.91. The predicted molar refractivity (Wildman–Crippen MR) is 71.1 cm³/mol. The quantitative estimate of drug-likeness (QED) is 0.914. The fourth-order valence-electron chi connectivity index (χ4n) is 1.37. The van der Waals surface area contributed by atoms with E-state index >= 15 is 0 Å². The Morgan fingerprint density at radius 2 is 2.22 bits per heavy atom. The van der Waals surface area contributed by atoms with Crippen LogP contribution in [0, 0.1) is 17.1 Å². The molecule has 0 aliphatic rings. The molecular weight excluding hydrogens is 319 g/mol. The summed E-state index contributed by atoms with van der Waals surface area (Å²) in [6.45, 7) is 0. The lowest BCUT2D eigenvalue weighted by molar-refractivity contribution is 0.102. The van der Waals surface area contributed by atoms with Crippen LogP contribution < -0.4 is 5.32 Å². The van der Waals surface area contributed by atoms with Gasteiger partial charge in [0.15, 0.2) is 0 Å². The summed E-state index contributed by atoms with van der Waals surface area (Å²) >= 11 is 4.34. The molecule has 0 aliphatic carbocycles. The third-order valence-corrected chi connectivity index (χ3v) is 3.69. The molecule has 2 rings (SSSR count). The van der Waals surface area contributed by atoms with Gasteiger partial charge in [-0.3, -0.25) is 4.79 Å². The van der Waals surface area contributed by atoms with E-state index in [1.54, 1.807) is 17.5 Å². The number of benzene rings is 1. The number of nitrogens with zero attached hydrogens (tertiary/aromatic N) is 1. The minimum absolute atomic E-state index is 0.0743. The van der Waals surface area contributed by atoms with Crippen LogP contribution >= 0.6 is 27.3 Å². The highest BCUT2D eigenvalue weighted by Gasteiger charge is 2.17. The summed E-state index contributed by atoms with van der Waals surface area (Å²) in [6, 6.07) is 7.84. The first-order valence-corrected chi connectivity index (χ1v) is 6.53. The number of nitriles is 1. The summed E-state index contributed by atoms with van der Waals surface area (Å²) in [5.41, 5.74) is 0.288. The van der Waals surface area contributed by atoms with Crippen LogP contribution in [0.1, 0.15) is 15.9 Å². The van der Waals surface area contributed by atoms with Gasteiger partial charge in [-0.1, -0.05) is 6.07 Å². The van der Waals surface area contributed by atoms with E-state index < -0.39 is 11.7 Å². The molecule has 1 heterocycles. The van der Waals surface area contributed by atoms with Gasteiger partial charge in [0, 0.05) is 4.47 Å². The van der Waals surface area contributed by atoms with Crippen molar-refractivity contribution in [2.75, 3.05) is 5.32 Å². The lowest BCUT2D eigenvalue weighted by Gasteiger charge is -2.06. The molecule has 0 bridgehead atoms. The van der Waals surface area contributed by atoms with Gasteiger partial charge in [-0.2, -0.15) is 5.26 Å². The van der Waals surface area contributed by atoms with Gasteiger partial charge in [0.05, 0.1) is 11.1 Å². The number of rotatable bonds is 2. The highest BCUT2D eigenvalue weighted by molar-refractivity contribution is 9.10. The Morgan fingerprint density at radius 1 is 1.44 bits per heavy atom. The van der Waals surface area contributed by atoms with Crippen LogP contribution in [0.25, 0.3) is 0 Å². The molecule has 2 aromatic rings. The van der Waals surface area contributed by atoms with Gasteiger partial charge in [-0.25, -0.2) is 4.39 Å². The Kier molecular flexibility index (Phi) is 3.75. The molecule has 6 heteroatoms. The maximum Gasteiger partial charge on any atom is 0.260 e. The average Bonchev–Trinajstić information content (AvgIpc) is 2.76. The normalized spacial score (nSPS) is 9.83. The summed E-state index contributed by atoms with van der Waals surface area (Å²) < 4.78 is 13.9. The molecule has 0 saturated carbocycles. The van der Waals surface area contributed by atoms with Crippen LogP contribution in [0.5, 0.6) is 0 Å². The average molecular weight is 325 g/mol. The minimum Gasteiger partial charge on any atom is -0.312 e. The van der Waals surface area contributed by atoms with Crippen molar-refractivity contribution >= 4 is 38.2 Å². The second-order valence-electron chi connectivity index (χ2n) is 3.33. The number of nitrogens with one attached hydrogen (secondary N) is 1. The second-order valence-corrected chi connectivity index (χ2v) is 5.10. The first-order valence-electron chi connectivity index (χ1n) is 4.86. The van der Waals surface area contributed by atoms with Crippen molar-refractivity contribution in [1.29, 1.82) is 5.26 Å². The Hall–Kier alpha value is -1.71. The topological polar surface area (TPSA) is 52.9 Å². The van der Waals surface area contributed by atoms with Crippen LogP contribution in [-0.2, 0) is 0 Å². The summed E-state index contributed by atoms with van der Waals surface area (Å²) in [6.07, 6.45) is 0. The van der Waals surface area contributed by atoms with E-state index in [-0.39, 0.29) is 5.56 Å². The Bertz CT molecular complexity index is 628. The molecule has 0 saturated heterocycles. The van der Waals surface area contributed by atoms with Crippen LogP contribution in [0.3, 0.4) is 0 Å². The highest BCUT2D eigenvalue weighted by atomic mass is 79.9. The molecular formula is C12H6BrFN2OS. The van der Waals surface area contributed by atoms with Gasteiger partial charge >= 0.3 is 0 Å². The van der Waals surface area contributed by atoms with Crippen molar-refractivity contribution in [3.05, 3.63) is 51.1 Å². The minimum atomic E-state index is -0.614. The number of thiophene rings is 1. The largest absolute Gasteiger partial charge is 0.312 e. The smallest absolute Gasteiger partial charge is 0.260 e. The van der Waals surface area contributed by atoms with Crippen LogP contribution in [-0.4, -0.2) is 5.91 Å². The van der Waals surface area contributed by atoms with Crippen molar-refractivity contribution in [1.82, 2.24) is 0 Å². The SMILES string of the molecule is N#Cc1ccsc1NC(=O)c1c(F)cccc1Br.